The van der Waals surface area contributed by atoms with Crippen LogP contribution in [0.5, 0.6) is 0 Å². The van der Waals surface area contributed by atoms with E-state index in [1.807, 2.05) is 0 Å². The Bertz CT molecular complexity index is 1950. The Labute approximate surface area is 343 Å². The van der Waals surface area contributed by atoms with Crippen LogP contribution in [0.4, 0.5) is 0 Å². The molecule has 1 aliphatic rings. The van der Waals surface area contributed by atoms with E-state index in [-0.39, 0.29) is 5.41 Å². The van der Waals surface area contributed by atoms with Crippen LogP contribution in [0.25, 0.3) is 43.8 Å². The van der Waals surface area contributed by atoms with Gasteiger partial charge in [0.15, 0.2) is 0 Å². The summed E-state index contributed by atoms with van der Waals surface area (Å²) in [5.41, 5.74) is 11.4. The van der Waals surface area contributed by atoms with Crippen molar-refractivity contribution in [1.29, 1.82) is 0 Å². The molecule has 0 N–H and O–H groups in total. The van der Waals surface area contributed by atoms with Gasteiger partial charge < -0.3 is 0 Å². The molecule has 1 saturated carbocycles. The van der Waals surface area contributed by atoms with Gasteiger partial charge in [-0.05, 0) is 71.1 Å². The van der Waals surface area contributed by atoms with Crippen molar-refractivity contribution in [2.75, 3.05) is 0 Å². The van der Waals surface area contributed by atoms with Gasteiger partial charge in [0.1, 0.15) is 0 Å². The fourth-order valence-electron chi connectivity index (χ4n) is 7.47. The van der Waals surface area contributed by atoms with Crippen LogP contribution in [0.3, 0.4) is 0 Å². The summed E-state index contributed by atoms with van der Waals surface area (Å²) in [7, 11) is 11.0. The molecule has 0 spiro atoms. The SMILES string of the molecule is CC1CCC(c2cc3c(-c4ccc(C(C)(C)C)cc4)cccc3[cH-]2)CC1.CCc1cc2c(-c3ccc(C(C)CC)cc3)cccc2[cH-]1.C[Si]C.[Cl][Zr+2][Cl]. The summed E-state index contributed by atoms with van der Waals surface area (Å²) in [6, 6.07) is 41.2. The van der Waals surface area contributed by atoms with Gasteiger partial charge in [-0.15, -0.1) is 69.1 Å². The summed E-state index contributed by atoms with van der Waals surface area (Å²) >= 11 is -0.826. The van der Waals surface area contributed by atoms with Gasteiger partial charge in [-0.1, -0.05) is 146 Å². The fourth-order valence-corrected chi connectivity index (χ4v) is 7.47. The van der Waals surface area contributed by atoms with Crippen LogP contribution in [-0.4, -0.2) is 9.52 Å². The van der Waals surface area contributed by atoms with Crippen LogP contribution in [0.2, 0.25) is 13.1 Å². The second-order valence-electron chi connectivity index (χ2n) is 15.9. The summed E-state index contributed by atoms with van der Waals surface area (Å²) in [6.07, 6.45) is 7.76. The molecule has 1 fully saturated rings. The number of hydrogen-bond donors (Lipinski definition) is 0. The predicted molar refractivity (Wildman–Crippen MR) is 236 cm³/mol. The van der Waals surface area contributed by atoms with E-state index < -0.39 is 20.8 Å². The second-order valence-corrected chi connectivity index (χ2v) is 20.6. The molecule has 2 radical (unpaired) electrons. The molecular weight excluding hydrogens is 779 g/mol. The van der Waals surface area contributed by atoms with Gasteiger partial charge in [0.2, 0.25) is 0 Å². The Balaban J connectivity index is 0.000000210. The van der Waals surface area contributed by atoms with Gasteiger partial charge >= 0.3 is 37.9 Å². The topological polar surface area (TPSA) is 0 Å². The van der Waals surface area contributed by atoms with Gasteiger partial charge in [0.25, 0.3) is 0 Å². The average Bonchev–Trinajstić information content (AvgIpc) is 3.80. The van der Waals surface area contributed by atoms with E-state index in [1.54, 1.807) is 5.56 Å². The van der Waals surface area contributed by atoms with Crippen molar-refractivity contribution in [1.82, 2.24) is 0 Å². The van der Waals surface area contributed by atoms with Crippen LogP contribution in [0.15, 0.2) is 109 Å². The number of benzene rings is 4. The minimum atomic E-state index is -0.826. The van der Waals surface area contributed by atoms with Crippen LogP contribution in [-0.2, 0) is 32.7 Å². The van der Waals surface area contributed by atoms with E-state index >= 15 is 0 Å². The molecule has 0 aromatic heterocycles. The number of hydrogen-bond acceptors (Lipinski definition) is 0. The Morgan fingerprint density at radius 1 is 0.736 bits per heavy atom. The Morgan fingerprint density at radius 2 is 1.23 bits per heavy atom. The van der Waals surface area contributed by atoms with Crippen LogP contribution >= 0.6 is 17.0 Å². The third-order valence-corrected chi connectivity index (χ3v) is 10.9. The van der Waals surface area contributed by atoms with E-state index in [4.69, 9.17) is 17.0 Å². The Kier molecular flexibility index (Phi) is 17.4. The van der Waals surface area contributed by atoms with Gasteiger partial charge in [0, 0.05) is 9.52 Å². The standard InChI is InChI=1S/C26H31.C21H23.C2H6Si.2ClH.Zr/c1-18-8-10-19(11-9-18)22-16-21-6-5-7-24(25(21)17-22)20-12-14-23(15-13-20)26(2,3)4;1-4-15(3)17-9-11-18(12-10-17)20-8-6-7-19-13-16(5-2)14-21(19)20;1-3-2;;;/h5-7,12-19H,8-11H2,1-4H3;6-15H,4-5H2,1-3H3;1-2H3;2*1H;/q2*-1;;;;+4/p-2. The maximum absolute atomic E-state index is 4.93. The molecule has 0 amide bonds. The fraction of sp³-hybridized carbons (Fsp3) is 0.388. The molecule has 1 unspecified atom stereocenters. The van der Waals surface area contributed by atoms with E-state index in [0.717, 1.165) is 27.8 Å². The molecule has 1 aliphatic carbocycles. The summed E-state index contributed by atoms with van der Waals surface area (Å²) in [6.45, 7) is 20.3. The monoisotopic (exact) mass is 836 g/mol. The zero-order valence-electron chi connectivity index (χ0n) is 33.6. The minimum absolute atomic E-state index is 0.204. The molecule has 1 atom stereocenters. The van der Waals surface area contributed by atoms with Crippen molar-refractivity contribution in [3.63, 3.8) is 0 Å². The van der Waals surface area contributed by atoms with Crippen LogP contribution in [0.1, 0.15) is 115 Å². The van der Waals surface area contributed by atoms with Crippen molar-refractivity contribution in [3.8, 4) is 22.3 Å². The first-order valence-corrected chi connectivity index (χ1v) is 27.9. The number of aryl methyl sites for hydroxylation is 1. The number of halogens is 2. The summed E-state index contributed by atoms with van der Waals surface area (Å²) in [5, 5.41) is 5.56. The summed E-state index contributed by atoms with van der Waals surface area (Å²) in [5.74, 6) is 2.31. The van der Waals surface area contributed by atoms with Gasteiger partial charge in [-0.3, -0.25) is 0 Å². The van der Waals surface area contributed by atoms with Crippen molar-refractivity contribution in [3.05, 3.63) is 131 Å². The quantitative estimate of drug-likeness (QED) is 0.116. The summed E-state index contributed by atoms with van der Waals surface area (Å²) in [4.78, 5) is 0. The summed E-state index contributed by atoms with van der Waals surface area (Å²) < 4.78 is 0. The Hall–Kier alpha value is -2.22. The van der Waals surface area contributed by atoms with Gasteiger partial charge in [-0.2, -0.15) is 12.1 Å². The molecule has 6 aromatic carbocycles. The predicted octanol–water partition coefficient (Wildman–Crippen LogP) is 16.3. The molecule has 278 valence electrons. The van der Waals surface area contributed by atoms with Gasteiger partial charge in [0.05, 0.1) is 0 Å². The molecule has 7 rings (SSSR count). The molecule has 0 nitrogen and oxygen atoms in total. The zero-order valence-corrected chi connectivity index (χ0v) is 38.6. The molecule has 6 aromatic rings. The first kappa shape index (κ1) is 43.5. The molecular formula is C49H60Cl2SiZr. The molecule has 0 aliphatic heterocycles. The molecule has 0 saturated heterocycles. The number of fused-ring (bicyclic) bond motifs is 2. The normalized spacial score (nSPS) is 16.0. The molecule has 4 heteroatoms. The van der Waals surface area contributed by atoms with Crippen molar-refractivity contribution in [2.24, 2.45) is 5.92 Å². The van der Waals surface area contributed by atoms with E-state index in [0.29, 0.717) is 5.92 Å². The Morgan fingerprint density at radius 3 is 1.72 bits per heavy atom. The van der Waals surface area contributed by atoms with Crippen molar-refractivity contribution in [2.45, 2.75) is 117 Å². The van der Waals surface area contributed by atoms with E-state index in [2.05, 4.69) is 171 Å². The van der Waals surface area contributed by atoms with Gasteiger partial charge in [-0.25, -0.2) is 0 Å². The van der Waals surface area contributed by atoms with E-state index in [9.17, 15) is 0 Å². The third kappa shape index (κ3) is 11.9. The number of rotatable bonds is 6. The zero-order chi connectivity index (χ0) is 38.5. The first-order valence-electron chi connectivity index (χ1n) is 19.6. The second kappa shape index (κ2) is 21.2. The van der Waals surface area contributed by atoms with Crippen LogP contribution in [0, 0.1) is 5.92 Å². The van der Waals surface area contributed by atoms with Crippen molar-refractivity contribution < 1.29 is 20.8 Å². The van der Waals surface area contributed by atoms with Crippen molar-refractivity contribution >= 4 is 48.1 Å². The van der Waals surface area contributed by atoms with E-state index in [1.165, 1.54) is 92.6 Å². The average molecular weight is 839 g/mol. The van der Waals surface area contributed by atoms with Crippen LogP contribution < -0.4 is 0 Å². The third-order valence-electron chi connectivity index (χ3n) is 10.9. The molecule has 0 bridgehead atoms. The first-order chi connectivity index (χ1) is 25.5. The maximum atomic E-state index is 4.93. The molecule has 0 heterocycles. The molecule has 53 heavy (non-hydrogen) atoms.